The Hall–Kier alpha value is -2.66. The normalized spacial score (nSPS) is 17.4. The number of fused-ring (bicyclic) bond motifs is 1. The molecule has 0 spiro atoms. The third kappa shape index (κ3) is 3.48. The number of hydrogen-bond acceptors (Lipinski definition) is 3. The second-order valence-electron chi connectivity index (χ2n) is 6.92. The molecule has 134 valence electrons. The minimum absolute atomic E-state index is 0.222. The van der Waals surface area contributed by atoms with Crippen LogP contribution in [0.2, 0.25) is 0 Å². The average Bonchev–Trinajstić information content (AvgIpc) is 2.97. The van der Waals surface area contributed by atoms with Gasteiger partial charge in [0.1, 0.15) is 18.2 Å². The lowest BCUT2D eigenvalue weighted by molar-refractivity contribution is 0.151. The van der Waals surface area contributed by atoms with Crippen LogP contribution in [0.5, 0.6) is 5.75 Å². The number of rotatable bonds is 3. The molecule has 3 aromatic rings. The third-order valence-corrected chi connectivity index (χ3v) is 4.84. The lowest BCUT2D eigenvalue weighted by atomic mass is 10.0. The van der Waals surface area contributed by atoms with Gasteiger partial charge in [0.15, 0.2) is 0 Å². The molecule has 2 heterocycles. The van der Waals surface area contributed by atoms with Crippen molar-refractivity contribution in [3.63, 3.8) is 0 Å². The summed E-state index contributed by atoms with van der Waals surface area (Å²) in [6, 6.07) is 13.1. The van der Waals surface area contributed by atoms with Gasteiger partial charge in [-0.15, -0.1) is 0 Å². The van der Waals surface area contributed by atoms with Crippen LogP contribution in [0.1, 0.15) is 18.1 Å². The zero-order chi connectivity index (χ0) is 18.1. The molecule has 1 aliphatic heterocycles. The molecule has 1 atom stereocenters. The van der Waals surface area contributed by atoms with Crippen LogP contribution in [0.3, 0.4) is 0 Å². The van der Waals surface area contributed by atoms with Crippen LogP contribution >= 0.6 is 0 Å². The molecule has 0 saturated heterocycles. The first-order chi connectivity index (χ1) is 12.6. The Morgan fingerprint density at radius 3 is 2.81 bits per heavy atom. The van der Waals surface area contributed by atoms with E-state index in [-0.39, 0.29) is 5.82 Å². The molecule has 0 saturated carbocycles. The maximum Gasteiger partial charge on any atom is 0.123 e. The molecule has 26 heavy (non-hydrogen) atoms. The molecule has 2 aromatic carbocycles. The Morgan fingerprint density at radius 1 is 1.19 bits per heavy atom. The Labute approximate surface area is 152 Å². The van der Waals surface area contributed by atoms with Gasteiger partial charge in [0.05, 0.1) is 6.20 Å². The SMILES string of the molecule is C[C@H]1COc2ccc(-c3cccc(F)c3)cc2CN1Cc1cnn(C)c1. The van der Waals surface area contributed by atoms with E-state index in [0.29, 0.717) is 12.6 Å². The zero-order valence-electron chi connectivity index (χ0n) is 15.0. The predicted octanol–water partition coefficient (Wildman–Crippen LogP) is 4.01. The Bertz CT molecular complexity index is 921. The van der Waals surface area contributed by atoms with Gasteiger partial charge < -0.3 is 4.74 Å². The summed E-state index contributed by atoms with van der Waals surface area (Å²) in [6.07, 6.45) is 3.95. The standard InChI is InChI=1S/C21H22FN3O/c1-15-14-26-21-7-6-18(17-4-3-5-20(22)9-17)8-19(21)13-25(15)12-16-10-23-24(2)11-16/h3-11,15H,12-14H2,1-2H3/t15-/m0/s1. The highest BCUT2D eigenvalue weighted by Gasteiger charge is 2.22. The van der Waals surface area contributed by atoms with Gasteiger partial charge in [0.2, 0.25) is 0 Å². The fraction of sp³-hybridized carbons (Fsp3) is 0.286. The van der Waals surface area contributed by atoms with Gasteiger partial charge >= 0.3 is 0 Å². The molecule has 5 heteroatoms. The summed E-state index contributed by atoms with van der Waals surface area (Å²) in [6.45, 7) is 4.43. The molecule has 0 unspecified atom stereocenters. The van der Waals surface area contributed by atoms with E-state index in [2.05, 4.69) is 23.0 Å². The number of benzene rings is 2. The molecule has 4 nitrogen and oxygen atoms in total. The van der Waals surface area contributed by atoms with E-state index in [1.165, 1.54) is 11.6 Å². The molecular weight excluding hydrogens is 329 g/mol. The van der Waals surface area contributed by atoms with E-state index >= 15 is 0 Å². The van der Waals surface area contributed by atoms with Crippen LogP contribution in [-0.4, -0.2) is 27.3 Å². The smallest absolute Gasteiger partial charge is 0.123 e. The van der Waals surface area contributed by atoms with Crippen LogP contribution < -0.4 is 4.74 Å². The summed E-state index contributed by atoms with van der Waals surface area (Å²) in [5, 5.41) is 4.26. The Balaban J connectivity index is 1.63. The summed E-state index contributed by atoms with van der Waals surface area (Å²) < 4.78 is 21.4. The van der Waals surface area contributed by atoms with Gasteiger partial charge in [-0.1, -0.05) is 18.2 Å². The van der Waals surface area contributed by atoms with E-state index in [1.54, 1.807) is 12.1 Å². The summed E-state index contributed by atoms with van der Waals surface area (Å²) in [5.74, 6) is 0.686. The van der Waals surface area contributed by atoms with Crippen molar-refractivity contribution >= 4 is 0 Å². The number of hydrogen-bond donors (Lipinski definition) is 0. The highest BCUT2D eigenvalue weighted by molar-refractivity contribution is 5.65. The van der Waals surface area contributed by atoms with Crippen molar-refractivity contribution in [3.8, 4) is 16.9 Å². The first-order valence-electron chi connectivity index (χ1n) is 8.82. The highest BCUT2D eigenvalue weighted by atomic mass is 19.1. The summed E-state index contributed by atoms with van der Waals surface area (Å²) in [4.78, 5) is 2.39. The van der Waals surface area contributed by atoms with Crippen LogP contribution in [0, 0.1) is 5.82 Å². The van der Waals surface area contributed by atoms with Gasteiger partial charge in [-0.2, -0.15) is 5.10 Å². The number of aryl methyl sites for hydroxylation is 1. The van der Waals surface area contributed by atoms with Crippen molar-refractivity contribution in [1.82, 2.24) is 14.7 Å². The third-order valence-electron chi connectivity index (χ3n) is 4.84. The maximum atomic E-state index is 13.6. The first-order valence-corrected chi connectivity index (χ1v) is 8.82. The molecule has 0 fully saturated rings. The average molecular weight is 351 g/mol. The molecule has 1 aromatic heterocycles. The molecule has 1 aliphatic rings. The topological polar surface area (TPSA) is 30.3 Å². The van der Waals surface area contributed by atoms with Crippen molar-refractivity contribution in [3.05, 3.63) is 71.8 Å². The van der Waals surface area contributed by atoms with Crippen molar-refractivity contribution in [2.24, 2.45) is 7.05 Å². The second kappa shape index (κ2) is 6.92. The van der Waals surface area contributed by atoms with Crippen LogP contribution in [0.25, 0.3) is 11.1 Å². The quantitative estimate of drug-likeness (QED) is 0.714. The summed E-state index contributed by atoms with van der Waals surface area (Å²) in [5.41, 5.74) is 4.19. The fourth-order valence-electron chi connectivity index (χ4n) is 3.38. The lowest BCUT2D eigenvalue weighted by Crippen LogP contribution is -2.34. The summed E-state index contributed by atoms with van der Waals surface area (Å²) in [7, 11) is 1.93. The first kappa shape index (κ1) is 16.8. The van der Waals surface area contributed by atoms with Crippen LogP contribution in [0.4, 0.5) is 4.39 Å². The number of aromatic nitrogens is 2. The van der Waals surface area contributed by atoms with E-state index in [1.807, 2.05) is 42.3 Å². The summed E-state index contributed by atoms with van der Waals surface area (Å²) >= 11 is 0. The van der Waals surface area contributed by atoms with Crippen molar-refractivity contribution in [2.45, 2.75) is 26.1 Å². The zero-order valence-corrected chi connectivity index (χ0v) is 15.0. The van der Waals surface area contributed by atoms with Gasteiger partial charge in [-0.3, -0.25) is 9.58 Å². The fourth-order valence-corrected chi connectivity index (χ4v) is 3.38. The van der Waals surface area contributed by atoms with E-state index in [4.69, 9.17) is 4.74 Å². The lowest BCUT2D eigenvalue weighted by Gasteiger charge is -2.25. The van der Waals surface area contributed by atoms with Crippen LogP contribution in [0.15, 0.2) is 54.9 Å². The van der Waals surface area contributed by atoms with Crippen molar-refractivity contribution < 1.29 is 9.13 Å². The van der Waals surface area contributed by atoms with Gasteiger partial charge in [-0.25, -0.2) is 4.39 Å². The number of nitrogens with zero attached hydrogens (tertiary/aromatic N) is 3. The van der Waals surface area contributed by atoms with Gasteiger partial charge in [0, 0.05) is 43.5 Å². The Morgan fingerprint density at radius 2 is 2.04 bits per heavy atom. The molecule has 0 aliphatic carbocycles. The molecule has 4 rings (SSSR count). The maximum absolute atomic E-state index is 13.6. The second-order valence-corrected chi connectivity index (χ2v) is 6.92. The minimum Gasteiger partial charge on any atom is -0.492 e. The molecule has 0 radical (unpaired) electrons. The highest BCUT2D eigenvalue weighted by Crippen LogP contribution is 2.31. The van der Waals surface area contributed by atoms with Crippen molar-refractivity contribution in [1.29, 1.82) is 0 Å². The minimum atomic E-state index is -0.222. The predicted molar refractivity (Wildman–Crippen MR) is 99.2 cm³/mol. The number of ether oxygens (including phenoxy) is 1. The monoisotopic (exact) mass is 351 g/mol. The van der Waals surface area contributed by atoms with Gasteiger partial charge in [-0.05, 0) is 42.3 Å². The molecule has 0 amide bonds. The van der Waals surface area contributed by atoms with Gasteiger partial charge in [0.25, 0.3) is 0 Å². The largest absolute Gasteiger partial charge is 0.492 e. The van der Waals surface area contributed by atoms with E-state index in [9.17, 15) is 4.39 Å². The molecular formula is C21H22FN3O. The van der Waals surface area contributed by atoms with E-state index in [0.717, 1.165) is 35.5 Å². The van der Waals surface area contributed by atoms with Crippen molar-refractivity contribution in [2.75, 3.05) is 6.61 Å². The molecule has 0 bridgehead atoms. The van der Waals surface area contributed by atoms with E-state index < -0.39 is 0 Å². The van der Waals surface area contributed by atoms with Crippen LogP contribution in [-0.2, 0) is 20.1 Å². The number of halogens is 1. The Kier molecular flexibility index (Phi) is 4.47. The molecule has 0 N–H and O–H groups in total.